The Kier molecular flexibility index (Phi) is 11.6. The Bertz CT molecular complexity index is 3060. The molecule has 1 nitrogen and oxygen atoms in total. The van der Waals surface area contributed by atoms with Crippen LogP contribution >= 0.6 is 0 Å². The van der Waals surface area contributed by atoms with Crippen molar-refractivity contribution in [3.8, 4) is 100 Å². The van der Waals surface area contributed by atoms with E-state index in [1.54, 1.807) is 0 Å². The fourth-order valence-electron chi connectivity index (χ4n) is 8.05. The van der Waals surface area contributed by atoms with Crippen LogP contribution in [0.2, 0.25) is 0 Å². The minimum absolute atomic E-state index is 0. The zero-order chi connectivity index (χ0) is 40.1. The van der Waals surface area contributed by atoms with Gasteiger partial charge in [0, 0.05) is 26.3 Å². The molecule has 0 spiro atoms. The molecule has 10 aromatic rings. The van der Waals surface area contributed by atoms with Crippen molar-refractivity contribution in [3.63, 3.8) is 0 Å². The van der Waals surface area contributed by atoms with Gasteiger partial charge in [-0.15, -0.1) is 35.4 Å². The van der Waals surface area contributed by atoms with Crippen LogP contribution in [0.1, 0.15) is 0 Å². The molecule has 0 aliphatic rings. The summed E-state index contributed by atoms with van der Waals surface area (Å²) in [5, 5.41) is 0. The Labute approximate surface area is 372 Å². The summed E-state index contributed by atoms with van der Waals surface area (Å²) in [7, 11) is 0. The van der Waals surface area contributed by atoms with Crippen molar-refractivity contribution in [2.45, 2.75) is 0 Å². The van der Waals surface area contributed by atoms with Crippen molar-refractivity contribution in [2.75, 3.05) is 0 Å². The van der Waals surface area contributed by atoms with E-state index in [2.05, 4.69) is 223 Å². The minimum Gasteiger partial charge on any atom is -0.305 e. The summed E-state index contributed by atoms with van der Waals surface area (Å²) in [5.74, 6) is 0. The first kappa shape index (κ1) is 39.3. The van der Waals surface area contributed by atoms with Crippen LogP contribution in [0.15, 0.2) is 243 Å². The SMILES string of the molecule is [Ir].[c-]1ccc(-c2ccc(-c3ccc(-c4cccc(-c5cccc(-c6cccc(-c7cccc(-c8cccc(-c9ccccc9)c8)c7)c6)c5)c4)cc3)cc2)cc1-c1ccccn1. The number of aromatic nitrogens is 1. The molecule has 0 unspecified atom stereocenters. The Balaban J connectivity index is 0.00000476. The van der Waals surface area contributed by atoms with Crippen molar-refractivity contribution in [2.24, 2.45) is 0 Å². The van der Waals surface area contributed by atoms with E-state index in [4.69, 9.17) is 0 Å². The summed E-state index contributed by atoms with van der Waals surface area (Å²) in [4.78, 5) is 4.50. The van der Waals surface area contributed by atoms with E-state index in [9.17, 15) is 0 Å². The van der Waals surface area contributed by atoms with Crippen LogP contribution < -0.4 is 0 Å². The van der Waals surface area contributed by atoms with Crippen LogP contribution in [0, 0.1) is 6.07 Å². The Hall–Kier alpha value is -7.22. The number of benzene rings is 9. The molecule has 0 N–H and O–H groups in total. The van der Waals surface area contributed by atoms with Gasteiger partial charge in [0.25, 0.3) is 0 Å². The third kappa shape index (κ3) is 8.74. The summed E-state index contributed by atoms with van der Waals surface area (Å²) in [6, 6.07) is 88.1. The average molecular weight is 955 g/mol. The third-order valence-electron chi connectivity index (χ3n) is 11.3. The summed E-state index contributed by atoms with van der Waals surface area (Å²) < 4.78 is 0. The maximum Gasteiger partial charge on any atom is 0.0160 e. The summed E-state index contributed by atoms with van der Waals surface area (Å²) in [6.07, 6.45) is 1.82. The van der Waals surface area contributed by atoms with Gasteiger partial charge in [-0.05, 0) is 126 Å². The van der Waals surface area contributed by atoms with Crippen LogP contribution in [-0.4, -0.2) is 4.98 Å². The molecular weight excluding hydrogens is 915 g/mol. The molecule has 2 heteroatoms. The van der Waals surface area contributed by atoms with Crippen LogP contribution in [0.25, 0.3) is 100 Å². The predicted molar refractivity (Wildman–Crippen MR) is 252 cm³/mol. The predicted octanol–water partition coefficient (Wildman–Crippen LogP) is 15.9. The van der Waals surface area contributed by atoms with Gasteiger partial charge in [-0.25, -0.2) is 0 Å². The standard InChI is InChI=1S/C59H40N.Ir/c1-2-12-42(13-3-1)47-14-6-17-50(36-47)52-19-8-21-54(38-52)56-23-10-24-57(40-56)55-22-9-20-53(39-55)51-18-7-15-48(37-51)45-31-27-43(28-32-45)44-29-33-46(34-30-44)49-16-11-25-58(41-49)59-26-4-5-35-60-59;/h1-24,26-41H;/q-1;. The second-order valence-electron chi connectivity index (χ2n) is 15.1. The van der Waals surface area contributed by atoms with Crippen molar-refractivity contribution in [1.82, 2.24) is 4.98 Å². The monoisotopic (exact) mass is 955 g/mol. The van der Waals surface area contributed by atoms with E-state index in [0.717, 1.165) is 16.8 Å². The summed E-state index contributed by atoms with van der Waals surface area (Å²) in [5.41, 5.74) is 21.1. The smallest absolute Gasteiger partial charge is 0.0160 e. The van der Waals surface area contributed by atoms with Crippen molar-refractivity contribution in [1.29, 1.82) is 0 Å². The Morgan fingerprint density at radius 2 is 0.541 bits per heavy atom. The molecule has 1 aromatic heterocycles. The Morgan fingerprint density at radius 3 is 0.902 bits per heavy atom. The molecule has 0 atom stereocenters. The van der Waals surface area contributed by atoms with Crippen LogP contribution in [0.3, 0.4) is 0 Å². The second kappa shape index (κ2) is 18.0. The molecule has 1 radical (unpaired) electrons. The van der Waals surface area contributed by atoms with E-state index < -0.39 is 0 Å². The summed E-state index contributed by atoms with van der Waals surface area (Å²) >= 11 is 0. The van der Waals surface area contributed by atoms with Crippen LogP contribution in [0.5, 0.6) is 0 Å². The maximum atomic E-state index is 4.50. The zero-order valence-corrected chi connectivity index (χ0v) is 35.8. The van der Waals surface area contributed by atoms with Crippen LogP contribution in [-0.2, 0) is 20.1 Å². The third-order valence-corrected chi connectivity index (χ3v) is 11.3. The van der Waals surface area contributed by atoms with Gasteiger partial charge in [0.05, 0.1) is 0 Å². The first-order valence-corrected chi connectivity index (χ1v) is 20.4. The average Bonchev–Trinajstić information content (AvgIpc) is 3.35. The number of rotatable bonds is 9. The number of hydrogen-bond acceptors (Lipinski definition) is 1. The van der Waals surface area contributed by atoms with Crippen molar-refractivity contribution in [3.05, 3.63) is 249 Å². The van der Waals surface area contributed by atoms with Gasteiger partial charge in [-0.1, -0.05) is 182 Å². The molecule has 10 rings (SSSR count). The van der Waals surface area contributed by atoms with Gasteiger partial charge in [-0.2, -0.15) is 0 Å². The molecule has 0 fully saturated rings. The first-order chi connectivity index (χ1) is 29.7. The molecule has 0 saturated heterocycles. The van der Waals surface area contributed by atoms with Gasteiger partial charge in [0.1, 0.15) is 0 Å². The minimum atomic E-state index is 0. The van der Waals surface area contributed by atoms with E-state index >= 15 is 0 Å². The van der Waals surface area contributed by atoms with Crippen molar-refractivity contribution < 1.29 is 20.1 Å². The fraction of sp³-hybridized carbons (Fsp3) is 0. The Morgan fingerprint density at radius 1 is 0.246 bits per heavy atom. The molecule has 0 bridgehead atoms. The largest absolute Gasteiger partial charge is 0.305 e. The van der Waals surface area contributed by atoms with Gasteiger partial charge in [-0.3, -0.25) is 0 Å². The molecule has 9 aromatic carbocycles. The van der Waals surface area contributed by atoms with Gasteiger partial charge in [0.2, 0.25) is 0 Å². The number of hydrogen-bond donors (Lipinski definition) is 0. The molecule has 0 aliphatic heterocycles. The zero-order valence-electron chi connectivity index (χ0n) is 33.4. The van der Waals surface area contributed by atoms with E-state index in [0.29, 0.717) is 0 Å². The molecule has 0 saturated carbocycles. The molecule has 61 heavy (non-hydrogen) atoms. The van der Waals surface area contributed by atoms with E-state index in [-0.39, 0.29) is 20.1 Å². The van der Waals surface area contributed by atoms with Gasteiger partial charge in [0.15, 0.2) is 0 Å². The molecular formula is C59H40IrN-. The number of nitrogens with zero attached hydrogens (tertiary/aromatic N) is 1. The van der Waals surface area contributed by atoms with Gasteiger partial charge < -0.3 is 4.98 Å². The van der Waals surface area contributed by atoms with Crippen molar-refractivity contribution >= 4 is 0 Å². The van der Waals surface area contributed by atoms with Gasteiger partial charge >= 0.3 is 0 Å². The summed E-state index contributed by atoms with van der Waals surface area (Å²) in [6.45, 7) is 0. The quantitative estimate of drug-likeness (QED) is 0.131. The number of pyridine rings is 1. The molecule has 0 amide bonds. The normalized spacial score (nSPS) is 10.8. The fourth-order valence-corrected chi connectivity index (χ4v) is 8.05. The molecule has 0 aliphatic carbocycles. The van der Waals surface area contributed by atoms with E-state index in [1.807, 2.05) is 30.5 Å². The second-order valence-corrected chi connectivity index (χ2v) is 15.1. The maximum absolute atomic E-state index is 4.50. The molecule has 1 heterocycles. The van der Waals surface area contributed by atoms with E-state index in [1.165, 1.54) is 83.5 Å². The molecule has 291 valence electrons. The first-order valence-electron chi connectivity index (χ1n) is 20.4. The topological polar surface area (TPSA) is 12.9 Å². The van der Waals surface area contributed by atoms with Crippen LogP contribution in [0.4, 0.5) is 0 Å².